The summed E-state index contributed by atoms with van der Waals surface area (Å²) in [4.78, 5) is 32.6. The van der Waals surface area contributed by atoms with Gasteiger partial charge in [0.15, 0.2) is 0 Å². The molecule has 0 aromatic heterocycles. The molecule has 0 bridgehead atoms. The van der Waals surface area contributed by atoms with Gasteiger partial charge in [-0.05, 0) is 17.5 Å². The van der Waals surface area contributed by atoms with Gasteiger partial charge < -0.3 is 0 Å². The molecular formula is C17H16N4O6. The van der Waals surface area contributed by atoms with E-state index in [1.807, 2.05) is 0 Å². The van der Waals surface area contributed by atoms with Crippen molar-refractivity contribution in [3.63, 3.8) is 0 Å². The summed E-state index contributed by atoms with van der Waals surface area (Å²) < 4.78 is 0. The van der Waals surface area contributed by atoms with Crippen molar-refractivity contribution in [1.29, 1.82) is 0 Å². The third-order valence-electron chi connectivity index (χ3n) is 4.38. The molecule has 1 aliphatic rings. The molecule has 10 nitrogen and oxygen atoms in total. The Bertz CT molecular complexity index is 868. The number of carbonyl (C=O) groups excluding carboxylic acids is 1. The highest BCUT2D eigenvalue weighted by Crippen LogP contribution is 2.20. The average molecular weight is 372 g/mol. The molecule has 2 N–H and O–H groups in total. The Morgan fingerprint density at radius 2 is 1.33 bits per heavy atom. The molecule has 27 heavy (non-hydrogen) atoms. The van der Waals surface area contributed by atoms with Gasteiger partial charge in [0.05, 0.1) is 15.9 Å². The van der Waals surface area contributed by atoms with E-state index in [1.165, 1.54) is 24.3 Å². The van der Waals surface area contributed by atoms with Crippen molar-refractivity contribution in [3.05, 3.63) is 79.9 Å². The minimum atomic E-state index is -0.667. The molecule has 3 rings (SSSR count). The van der Waals surface area contributed by atoms with Gasteiger partial charge in [-0.25, -0.2) is 5.06 Å². The Morgan fingerprint density at radius 3 is 1.78 bits per heavy atom. The van der Waals surface area contributed by atoms with Gasteiger partial charge in [-0.3, -0.25) is 35.5 Å². The van der Waals surface area contributed by atoms with Crippen LogP contribution in [0.5, 0.6) is 0 Å². The van der Waals surface area contributed by atoms with Crippen LogP contribution in [0.3, 0.4) is 0 Å². The Kier molecular flexibility index (Phi) is 5.10. The third kappa shape index (κ3) is 4.07. The minimum Gasteiger partial charge on any atom is -0.284 e. The van der Waals surface area contributed by atoms with Crippen LogP contribution in [-0.4, -0.2) is 38.2 Å². The molecule has 1 saturated heterocycles. The topological polar surface area (TPSA) is 139 Å². The first-order valence-electron chi connectivity index (χ1n) is 8.10. The zero-order valence-electron chi connectivity index (χ0n) is 14.0. The zero-order valence-corrected chi connectivity index (χ0v) is 14.0. The van der Waals surface area contributed by atoms with Gasteiger partial charge in [0, 0.05) is 30.7 Å². The number of carbonyl (C=O) groups is 1. The molecule has 10 heteroatoms. The SMILES string of the molecule is O=C1[C@H](Cc2ccc([N+](=O)[O-])cc2)N[C@@H](Cc2ccc([N+](=O)[O-])cc2)N1O. The lowest BCUT2D eigenvalue weighted by atomic mass is 10.1. The third-order valence-corrected chi connectivity index (χ3v) is 4.38. The van der Waals surface area contributed by atoms with E-state index in [9.17, 15) is 30.2 Å². The summed E-state index contributed by atoms with van der Waals surface area (Å²) in [5, 5.41) is 35.1. The van der Waals surface area contributed by atoms with Crippen molar-refractivity contribution in [1.82, 2.24) is 10.4 Å². The molecule has 0 unspecified atom stereocenters. The van der Waals surface area contributed by atoms with Crippen molar-refractivity contribution in [2.75, 3.05) is 0 Å². The number of hydroxylamine groups is 2. The van der Waals surface area contributed by atoms with Gasteiger partial charge >= 0.3 is 0 Å². The molecule has 0 aliphatic carbocycles. The highest BCUT2D eigenvalue weighted by Gasteiger charge is 2.38. The monoisotopic (exact) mass is 372 g/mol. The summed E-state index contributed by atoms with van der Waals surface area (Å²) in [5.41, 5.74) is 1.37. The Hall–Kier alpha value is -3.37. The summed E-state index contributed by atoms with van der Waals surface area (Å²) in [7, 11) is 0. The summed E-state index contributed by atoms with van der Waals surface area (Å²) in [6.45, 7) is 0. The second-order valence-corrected chi connectivity index (χ2v) is 6.17. The molecule has 0 radical (unpaired) electrons. The molecule has 2 aromatic rings. The first-order valence-corrected chi connectivity index (χ1v) is 8.10. The number of non-ortho nitro benzene ring substituents is 2. The van der Waals surface area contributed by atoms with Gasteiger partial charge in [0.25, 0.3) is 17.3 Å². The molecular weight excluding hydrogens is 356 g/mol. The lowest BCUT2D eigenvalue weighted by Crippen LogP contribution is -2.37. The van der Waals surface area contributed by atoms with E-state index in [4.69, 9.17) is 0 Å². The lowest BCUT2D eigenvalue weighted by Gasteiger charge is -2.17. The second kappa shape index (κ2) is 7.48. The molecule has 0 spiro atoms. The first kappa shape index (κ1) is 18.4. The average Bonchev–Trinajstić information content (AvgIpc) is 2.90. The van der Waals surface area contributed by atoms with Crippen molar-refractivity contribution < 1.29 is 19.8 Å². The predicted molar refractivity (Wildman–Crippen MR) is 92.9 cm³/mol. The molecule has 1 amide bonds. The van der Waals surface area contributed by atoms with Crippen molar-refractivity contribution in [2.45, 2.75) is 25.0 Å². The maximum Gasteiger partial charge on any atom is 0.269 e. The predicted octanol–water partition coefficient (Wildman–Crippen LogP) is 1.80. The largest absolute Gasteiger partial charge is 0.284 e. The van der Waals surface area contributed by atoms with E-state index < -0.39 is 28.0 Å². The van der Waals surface area contributed by atoms with Gasteiger partial charge in [-0.2, -0.15) is 0 Å². The summed E-state index contributed by atoms with van der Waals surface area (Å²) in [6.07, 6.45) is -0.122. The Morgan fingerprint density at radius 1 is 0.889 bits per heavy atom. The zero-order chi connectivity index (χ0) is 19.6. The van der Waals surface area contributed by atoms with E-state index in [-0.39, 0.29) is 24.2 Å². The van der Waals surface area contributed by atoms with Crippen LogP contribution >= 0.6 is 0 Å². The van der Waals surface area contributed by atoms with Gasteiger partial charge in [0.1, 0.15) is 6.17 Å². The molecule has 0 saturated carbocycles. The van der Waals surface area contributed by atoms with Gasteiger partial charge in [0.2, 0.25) is 0 Å². The van der Waals surface area contributed by atoms with Crippen LogP contribution in [0.25, 0.3) is 0 Å². The maximum atomic E-state index is 12.2. The highest BCUT2D eigenvalue weighted by molar-refractivity contribution is 5.83. The normalized spacial score (nSPS) is 19.3. The smallest absolute Gasteiger partial charge is 0.269 e. The number of nitrogens with zero attached hydrogens (tertiary/aromatic N) is 3. The fourth-order valence-corrected chi connectivity index (χ4v) is 2.95. The number of hydrogen-bond donors (Lipinski definition) is 2. The number of nitro benzene ring substituents is 2. The van der Waals surface area contributed by atoms with E-state index in [0.717, 1.165) is 11.1 Å². The molecule has 1 heterocycles. The molecule has 2 aromatic carbocycles. The highest BCUT2D eigenvalue weighted by atomic mass is 16.6. The van der Waals surface area contributed by atoms with E-state index in [0.29, 0.717) is 5.06 Å². The summed E-state index contributed by atoms with van der Waals surface area (Å²) in [6, 6.07) is 11.1. The number of rotatable bonds is 6. The number of hydrogen-bond acceptors (Lipinski definition) is 7. The van der Waals surface area contributed by atoms with Crippen LogP contribution in [-0.2, 0) is 17.6 Å². The van der Waals surface area contributed by atoms with E-state index >= 15 is 0 Å². The molecule has 1 aliphatic heterocycles. The van der Waals surface area contributed by atoms with Gasteiger partial charge in [-0.15, -0.1) is 0 Å². The quantitative estimate of drug-likeness (QED) is 0.448. The van der Waals surface area contributed by atoms with Crippen LogP contribution in [0, 0.1) is 20.2 Å². The first-order chi connectivity index (χ1) is 12.8. The summed E-state index contributed by atoms with van der Waals surface area (Å²) >= 11 is 0. The number of nitrogens with one attached hydrogen (secondary N) is 1. The van der Waals surface area contributed by atoms with Crippen molar-refractivity contribution in [2.24, 2.45) is 0 Å². The minimum absolute atomic E-state index is 0.0360. The molecule has 2 atom stereocenters. The summed E-state index contributed by atoms with van der Waals surface area (Å²) in [5.74, 6) is -0.500. The lowest BCUT2D eigenvalue weighted by molar-refractivity contribution is -0.385. The Balaban J connectivity index is 1.65. The van der Waals surface area contributed by atoms with E-state index in [1.54, 1.807) is 24.3 Å². The maximum absolute atomic E-state index is 12.2. The van der Waals surface area contributed by atoms with Crippen molar-refractivity contribution >= 4 is 17.3 Å². The van der Waals surface area contributed by atoms with Crippen LogP contribution in [0.15, 0.2) is 48.5 Å². The number of benzene rings is 2. The van der Waals surface area contributed by atoms with Crippen LogP contribution in [0.2, 0.25) is 0 Å². The fraction of sp³-hybridized carbons (Fsp3) is 0.235. The Labute approximate surface area is 153 Å². The number of amides is 1. The standard InChI is InChI=1S/C17H16N4O6/c22-17-15(9-11-1-5-13(6-2-11)20(24)25)18-16(19(17)23)10-12-3-7-14(8-4-12)21(26)27/h1-8,15-16,18,23H,9-10H2/t15-,16+/m0/s1. The van der Waals surface area contributed by atoms with Gasteiger partial charge in [-0.1, -0.05) is 24.3 Å². The fourth-order valence-electron chi connectivity index (χ4n) is 2.95. The number of nitro groups is 2. The van der Waals surface area contributed by atoms with Crippen LogP contribution < -0.4 is 5.32 Å². The van der Waals surface area contributed by atoms with Crippen molar-refractivity contribution in [3.8, 4) is 0 Å². The van der Waals surface area contributed by atoms with Crippen LogP contribution in [0.4, 0.5) is 11.4 Å². The van der Waals surface area contributed by atoms with E-state index in [2.05, 4.69) is 5.32 Å². The molecule has 1 fully saturated rings. The second-order valence-electron chi connectivity index (χ2n) is 6.17. The van der Waals surface area contributed by atoms with Crippen LogP contribution in [0.1, 0.15) is 11.1 Å². The molecule has 140 valence electrons.